The van der Waals surface area contributed by atoms with Gasteiger partial charge >= 0.3 is 0 Å². The first-order valence-electron chi connectivity index (χ1n) is 7.55. The summed E-state index contributed by atoms with van der Waals surface area (Å²) in [5, 5.41) is 0.364. The molecule has 24 heavy (non-hydrogen) atoms. The van der Waals surface area contributed by atoms with Crippen LogP contribution >= 0.6 is 11.6 Å². The summed E-state index contributed by atoms with van der Waals surface area (Å²) in [6.45, 7) is 7.83. The summed E-state index contributed by atoms with van der Waals surface area (Å²) in [4.78, 5) is 5.70. The number of anilines is 2. The van der Waals surface area contributed by atoms with Crippen molar-refractivity contribution in [2.75, 3.05) is 11.9 Å². The SMILES string of the molecule is C=CN(c1cc(/C(C)=C/C=NC)ccc1C)c1ccc(Cl)cc1F. The van der Waals surface area contributed by atoms with Crippen LogP contribution in [0.5, 0.6) is 0 Å². The van der Waals surface area contributed by atoms with Crippen molar-refractivity contribution in [3.63, 3.8) is 0 Å². The highest BCUT2D eigenvalue weighted by Crippen LogP contribution is 2.33. The van der Waals surface area contributed by atoms with Crippen LogP contribution in [-0.2, 0) is 0 Å². The van der Waals surface area contributed by atoms with E-state index in [1.807, 2.05) is 38.1 Å². The van der Waals surface area contributed by atoms with Crippen LogP contribution in [0.3, 0.4) is 0 Å². The fourth-order valence-electron chi connectivity index (χ4n) is 2.40. The Morgan fingerprint density at radius 2 is 1.96 bits per heavy atom. The summed E-state index contributed by atoms with van der Waals surface area (Å²) in [6, 6.07) is 10.7. The zero-order valence-electron chi connectivity index (χ0n) is 14.1. The van der Waals surface area contributed by atoms with Gasteiger partial charge in [-0.2, -0.15) is 0 Å². The highest BCUT2D eigenvalue weighted by atomic mass is 35.5. The van der Waals surface area contributed by atoms with Gasteiger partial charge in [0.2, 0.25) is 0 Å². The maximum absolute atomic E-state index is 14.3. The number of aryl methyl sites for hydroxylation is 1. The average Bonchev–Trinajstić information content (AvgIpc) is 2.56. The average molecular weight is 343 g/mol. The quantitative estimate of drug-likeness (QED) is 0.593. The van der Waals surface area contributed by atoms with Crippen molar-refractivity contribution in [2.24, 2.45) is 4.99 Å². The fraction of sp³-hybridized carbons (Fsp3) is 0.150. The first-order valence-corrected chi connectivity index (χ1v) is 7.92. The van der Waals surface area contributed by atoms with Gasteiger partial charge in [-0.25, -0.2) is 4.39 Å². The van der Waals surface area contributed by atoms with Gasteiger partial charge in [-0.3, -0.25) is 4.99 Å². The minimum absolute atomic E-state index is 0.364. The fourth-order valence-corrected chi connectivity index (χ4v) is 2.56. The van der Waals surface area contributed by atoms with Crippen molar-refractivity contribution >= 4 is 34.8 Å². The number of aliphatic imine (C=N–C) groups is 1. The molecule has 0 heterocycles. The van der Waals surface area contributed by atoms with E-state index in [0.717, 1.165) is 22.4 Å². The van der Waals surface area contributed by atoms with E-state index in [1.54, 1.807) is 36.5 Å². The van der Waals surface area contributed by atoms with Crippen LogP contribution in [-0.4, -0.2) is 13.3 Å². The van der Waals surface area contributed by atoms with Crippen molar-refractivity contribution < 1.29 is 4.39 Å². The maximum Gasteiger partial charge on any atom is 0.148 e. The van der Waals surface area contributed by atoms with Crippen LogP contribution in [0.4, 0.5) is 15.8 Å². The number of hydrogen-bond acceptors (Lipinski definition) is 2. The number of rotatable bonds is 5. The second-order valence-electron chi connectivity index (χ2n) is 5.41. The molecule has 0 spiro atoms. The van der Waals surface area contributed by atoms with Crippen LogP contribution in [0.1, 0.15) is 18.1 Å². The van der Waals surface area contributed by atoms with Crippen LogP contribution in [0.25, 0.3) is 5.57 Å². The number of benzene rings is 2. The zero-order chi connectivity index (χ0) is 17.7. The van der Waals surface area contributed by atoms with Gasteiger partial charge in [0.25, 0.3) is 0 Å². The summed E-state index contributed by atoms with van der Waals surface area (Å²) < 4.78 is 14.3. The van der Waals surface area contributed by atoms with E-state index in [9.17, 15) is 4.39 Å². The van der Waals surface area contributed by atoms with Gasteiger partial charge in [0.1, 0.15) is 5.82 Å². The molecule has 2 nitrogen and oxygen atoms in total. The van der Waals surface area contributed by atoms with Gasteiger partial charge in [0.05, 0.1) is 5.69 Å². The van der Waals surface area contributed by atoms with Crippen molar-refractivity contribution in [3.8, 4) is 0 Å². The largest absolute Gasteiger partial charge is 0.315 e. The standard InChI is InChI=1S/C20H20ClFN2/c1-5-24(19-9-8-17(21)13-18(19)22)20-12-16(7-6-15(20)3)14(2)10-11-23-4/h5-13H,1H2,2-4H3/b14-10+,23-11?. The lowest BCUT2D eigenvalue weighted by Gasteiger charge is -2.24. The third-order valence-electron chi connectivity index (χ3n) is 3.75. The van der Waals surface area contributed by atoms with E-state index < -0.39 is 5.82 Å². The van der Waals surface area contributed by atoms with Gasteiger partial charge < -0.3 is 4.90 Å². The lowest BCUT2D eigenvalue weighted by molar-refractivity contribution is 0.628. The highest BCUT2D eigenvalue weighted by molar-refractivity contribution is 6.30. The smallest absolute Gasteiger partial charge is 0.148 e. The molecule has 0 aliphatic heterocycles. The zero-order valence-corrected chi connectivity index (χ0v) is 14.8. The van der Waals surface area contributed by atoms with Gasteiger partial charge in [-0.1, -0.05) is 30.3 Å². The first-order chi connectivity index (χ1) is 11.5. The van der Waals surface area contributed by atoms with E-state index in [1.165, 1.54) is 6.07 Å². The topological polar surface area (TPSA) is 15.6 Å². The highest BCUT2D eigenvalue weighted by Gasteiger charge is 2.14. The van der Waals surface area contributed by atoms with Crippen molar-refractivity contribution in [1.82, 2.24) is 0 Å². The molecule has 0 atom stereocenters. The van der Waals surface area contributed by atoms with Crippen molar-refractivity contribution in [3.05, 3.63) is 77.2 Å². The Bertz CT molecular complexity index is 809. The molecule has 124 valence electrons. The molecule has 2 aromatic carbocycles. The van der Waals surface area contributed by atoms with E-state index >= 15 is 0 Å². The third kappa shape index (κ3) is 3.92. The van der Waals surface area contributed by atoms with E-state index in [-0.39, 0.29) is 0 Å². The normalized spacial score (nSPS) is 11.8. The third-order valence-corrected chi connectivity index (χ3v) is 3.98. The Hall–Kier alpha value is -2.39. The van der Waals surface area contributed by atoms with Crippen LogP contribution in [0.15, 0.2) is 60.2 Å². The molecule has 0 unspecified atom stereocenters. The number of nitrogens with zero attached hydrogens (tertiary/aromatic N) is 2. The van der Waals surface area contributed by atoms with E-state index in [0.29, 0.717) is 10.7 Å². The van der Waals surface area contributed by atoms with Gasteiger partial charge in [-0.15, -0.1) is 0 Å². The van der Waals surface area contributed by atoms with Gasteiger partial charge in [0, 0.05) is 30.2 Å². The van der Waals surface area contributed by atoms with Crippen LogP contribution in [0, 0.1) is 12.7 Å². The second kappa shape index (κ2) is 7.93. The molecule has 0 amide bonds. The number of halogens is 2. The maximum atomic E-state index is 14.3. The molecule has 0 aliphatic rings. The van der Waals surface area contributed by atoms with E-state index in [2.05, 4.69) is 11.6 Å². The molecule has 0 N–H and O–H groups in total. The molecule has 0 bridgehead atoms. The molecule has 2 aromatic rings. The molecule has 0 radical (unpaired) electrons. The Kier molecular flexibility index (Phi) is 5.93. The number of hydrogen-bond donors (Lipinski definition) is 0. The molecule has 4 heteroatoms. The first kappa shape index (κ1) is 18.0. The molecular weight excluding hydrogens is 323 g/mol. The molecule has 0 saturated heterocycles. The molecular formula is C20H20ClFN2. The van der Waals surface area contributed by atoms with Gasteiger partial charge in [-0.05, 0) is 60.9 Å². The minimum atomic E-state index is -0.391. The summed E-state index contributed by atoms with van der Waals surface area (Å²) >= 11 is 5.85. The Labute approximate surface area is 147 Å². The van der Waals surface area contributed by atoms with E-state index in [4.69, 9.17) is 11.6 Å². The molecule has 0 aromatic heterocycles. The summed E-state index contributed by atoms with van der Waals surface area (Å²) in [7, 11) is 1.73. The van der Waals surface area contributed by atoms with Crippen LogP contribution < -0.4 is 4.90 Å². The summed E-state index contributed by atoms with van der Waals surface area (Å²) in [6.07, 6.45) is 5.29. The summed E-state index contributed by atoms with van der Waals surface area (Å²) in [5.41, 5.74) is 4.40. The summed E-state index contributed by atoms with van der Waals surface area (Å²) in [5.74, 6) is -0.391. The number of allylic oxidation sites excluding steroid dienone is 2. The monoisotopic (exact) mass is 342 g/mol. The lowest BCUT2D eigenvalue weighted by atomic mass is 10.0. The van der Waals surface area contributed by atoms with Crippen molar-refractivity contribution in [2.45, 2.75) is 13.8 Å². The van der Waals surface area contributed by atoms with Gasteiger partial charge in [0.15, 0.2) is 0 Å². The minimum Gasteiger partial charge on any atom is -0.315 e. The molecule has 0 saturated carbocycles. The second-order valence-corrected chi connectivity index (χ2v) is 5.84. The van der Waals surface area contributed by atoms with Crippen molar-refractivity contribution in [1.29, 1.82) is 0 Å². The predicted octanol–water partition coefficient (Wildman–Crippen LogP) is 6.17. The molecule has 2 rings (SSSR count). The predicted molar refractivity (Wildman–Crippen MR) is 103 cm³/mol. The molecule has 0 aliphatic carbocycles. The Morgan fingerprint density at radius 1 is 1.21 bits per heavy atom. The molecule has 0 fully saturated rings. The Morgan fingerprint density at radius 3 is 2.58 bits per heavy atom. The van der Waals surface area contributed by atoms with Crippen LogP contribution in [0.2, 0.25) is 5.02 Å². The lowest BCUT2D eigenvalue weighted by Crippen LogP contribution is -2.11. The Balaban J connectivity index is 2.54.